The quantitative estimate of drug-likeness (QED) is 0.835. The number of hydrogen-bond acceptors (Lipinski definition) is 5. The van der Waals surface area contributed by atoms with Crippen LogP contribution in [0.4, 0.5) is 5.69 Å². The molecule has 1 amide bonds. The summed E-state index contributed by atoms with van der Waals surface area (Å²) in [7, 11) is 4.76. The van der Waals surface area contributed by atoms with Crippen molar-refractivity contribution in [3.05, 3.63) is 17.2 Å². The molecule has 7 heteroatoms. The van der Waals surface area contributed by atoms with Gasteiger partial charge in [-0.15, -0.1) is 0 Å². The second-order valence-electron chi connectivity index (χ2n) is 6.20. The Labute approximate surface area is 153 Å². The van der Waals surface area contributed by atoms with Gasteiger partial charge in [0.1, 0.15) is 17.0 Å². The summed E-state index contributed by atoms with van der Waals surface area (Å²) in [5, 5.41) is 13.1. The SMILES string of the molecule is COc1cc(NCC(=O)N(C)C2(C#N)CCCCC2)c(OC)cc1Cl. The summed E-state index contributed by atoms with van der Waals surface area (Å²) in [6.07, 6.45) is 4.51. The van der Waals surface area contributed by atoms with Crippen LogP contribution in [0.15, 0.2) is 12.1 Å². The Morgan fingerprint density at radius 3 is 2.48 bits per heavy atom. The molecule has 1 aromatic carbocycles. The number of nitriles is 1. The molecule has 2 rings (SSSR count). The van der Waals surface area contributed by atoms with Crippen molar-refractivity contribution in [2.45, 2.75) is 37.6 Å². The molecule has 0 heterocycles. The number of methoxy groups -OCH3 is 2. The highest BCUT2D eigenvalue weighted by Crippen LogP contribution is 2.36. The molecule has 25 heavy (non-hydrogen) atoms. The molecule has 0 spiro atoms. The van der Waals surface area contributed by atoms with E-state index in [0.29, 0.717) is 22.2 Å². The molecule has 0 radical (unpaired) electrons. The number of nitrogens with zero attached hydrogens (tertiary/aromatic N) is 2. The second kappa shape index (κ2) is 8.30. The number of anilines is 1. The molecule has 0 aliphatic heterocycles. The van der Waals surface area contributed by atoms with E-state index in [1.807, 2.05) is 0 Å². The van der Waals surface area contributed by atoms with Crippen LogP contribution in [-0.4, -0.2) is 44.2 Å². The number of benzene rings is 1. The van der Waals surface area contributed by atoms with Crippen molar-refractivity contribution in [1.82, 2.24) is 4.90 Å². The van der Waals surface area contributed by atoms with E-state index in [4.69, 9.17) is 21.1 Å². The Balaban J connectivity index is 2.10. The maximum absolute atomic E-state index is 12.6. The average Bonchev–Trinajstić information content (AvgIpc) is 2.66. The molecule has 1 saturated carbocycles. The minimum atomic E-state index is -0.696. The Hall–Kier alpha value is -2.13. The van der Waals surface area contributed by atoms with Crippen LogP contribution in [0.3, 0.4) is 0 Å². The molecule has 1 aromatic rings. The van der Waals surface area contributed by atoms with Crippen LogP contribution in [-0.2, 0) is 4.79 Å². The number of halogens is 1. The largest absolute Gasteiger partial charge is 0.495 e. The zero-order chi connectivity index (χ0) is 18.4. The highest BCUT2D eigenvalue weighted by Gasteiger charge is 2.38. The van der Waals surface area contributed by atoms with Gasteiger partial charge in [-0.1, -0.05) is 30.9 Å². The topological polar surface area (TPSA) is 74.6 Å². The molecule has 0 saturated heterocycles. The van der Waals surface area contributed by atoms with Gasteiger partial charge in [0.2, 0.25) is 5.91 Å². The third kappa shape index (κ3) is 4.10. The number of nitrogens with one attached hydrogen (secondary N) is 1. The Morgan fingerprint density at radius 1 is 1.28 bits per heavy atom. The molecule has 1 aliphatic rings. The molecule has 0 unspecified atom stereocenters. The van der Waals surface area contributed by atoms with Gasteiger partial charge in [0.05, 0.1) is 37.5 Å². The third-order valence-electron chi connectivity index (χ3n) is 4.81. The van der Waals surface area contributed by atoms with Gasteiger partial charge in [0.25, 0.3) is 0 Å². The van der Waals surface area contributed by atoms with Gasteiger partial charge in [-0.05, 0) is 12.8 Å². The third-order valence-corrected chi connectivity index (χ3v) is 5.10. The Bertz CT molecular complexity index is 666. The zero-order valence-electron chi connectivity index (χ0n) is 14.9. The van der Waals surface area contributed by atoms with Crippen molar-refractivity contribution in [2.75, 3.05) is 33.1 Å². The summed E-state index contributed by atoms with van der Waals surface area (Å²) in [6, 6.07) is 5.68. The van der Waals surface area contributed by atoms with E-state index in [1.54, 1.807) is 24.1 Å². The summed E-state index contributed by atoms with van der Waals surface area (Å²) >= 11 is 6.09. The lowest BCUT2D eigenvalue weighted by molar-refractivity contribution is -0.132. The lowest BCUT2D eigenvalue weighted by atomic mass is 9.81. The van der Waals surface area contributed by atoms with Crippen LogP contribution in [0.1, 0.15) is 32.1 Å². The van der Waals surface area contributed by atoms with Gasteiger partial charge in [0.15, 0.2) is 0 Å². The monoisotopic (exact) mass is 365 g/mol. The summed E-state index contributed by atoms with van der Waals surface area (Å²) in [6.45, 7) is 0.0566. The molecule has 1 aliphatic carbocycles. The highest BCUT2D eigenvalue weighted by molar-refractivity contribution is 6.32. The van der Waals surface area contributed by atoms with E-state index in [2.05, 4.69) is 11.4 Å². The number of ether oxygens (including phenoxy) is 2. The summed E-state index contributed by atoms with van der Waals surface area (Å²) in [4.78, 5) is 14.2. The molecule has 0 aromatic heterocycles. The van der Waals surface area contributed by atoms with E-state index in [-0.39, 0.29) is 12.5 Å². The van der Waals surface area contributed by atoms with Crippen molar-refractivity contribution in [1.29, 1.82) is 5.26 Å². The van der Waals surface area contributed by atoms with Gasteiger partial charge in [0, 0.05) is 19.2 Å². The van der Waals surface area contributed by atoms with E-state index >= 15 is 0 Å². The van der Waals surface area contributed by atoms with Crippen LogP contribution >= 0.6 is 11.6 Å². The van der Waals surface area contributed by atoms with Crippen molar-refractivity contribution < 1.29 is 14.3 Å². The van der Waals surface area contributed by atoms with Crippen molar-refractivity contribution >= 4 is 23.2 Å². The van der Waals surface area contributed by atoms with E-state index in [1.165, 1.54) is 14.2 Å². The summed E-state index contributed by atoms with van der Waals surface area (Å²) in [5.41, 5.74) is -0.0844. The maximum atomic E-state index is 12.6. The van der Waals surface area contributed by atoms with Gasteiger partial charge in [-0.25, -0.2) is 0 Å². The van der Waals surface area contributed by atoms with Crippen LogP contribution in [0.2, 0.25) is 5.02 Å². The molecular formula is C18H24ClN3O3. The second-order valence-corrected chi connectivity index (χ2v) is 6.60. The van der Waals surface area contributed by atoms with Crippen LogP contribution in [0.5, 0.6) is 11.5 Å². The summed E-state index contributed by atoms with van der Waals surface area (Å²) < 4.78 is 10.5. The number of rotatable bonds is 6. The maximum Gasteiger partial charge on any atom is 0.242 e. The first kappa shape index (κ1) is 19.2. The van der Waals surface area contributed by atoms with Gasteiger partial charge in [-0.3, -0.25) is 4.79 Å². The van der Waals surface area contributed by atoms with E-state index in [9.17, 15) is 10.1 Å². The van der Waals surface area contributed by atoms with Gasteiger partial charge >= 0.3 is 0 Å². The fourth-order valence-electron chi connectivity index (χ4n) is 3.19. The van der Waals surface area contributed by atoms with E-state index < -0.39 is 5.54 Å². The standard InChI is InChI=1S/C18H24ClN3O3/c1-22(18(12-20)7-5-4-6-8-18)17(23)11-21-14-10-15(24-2)13(19)9-16(14)25-3/h9-10,21H,4-8,11H2,1-3H3. The minimum Gasteiger partial charge on any atom is -0.495 e. The number of likely N-dealkylation sites (N-methyl/N-ethyl adjacent to an activating group) is 1. The van der Waals surface area contributed by atoms with Crippen LogP contribution in [0, 0.1) is 11.3 Å². The predicted octanol–water partition coefficient (Wildman–Crippen LogP) is 3.45. The molecule has 6 nitrogen and oxygen atoms in total. The molecular weight excluding hydrogens is 342 g/mol. The Morgan fingerprint density at radius 2 is 1.92 bits per heavy atom. The lowest BCUT2D eigenvalue weighted by Crippen LogP contribution is -2.51. The van der Waals surface area contributed by atoms with E-state index in [0.717, 1.165) is 32.1 Å². The molecule has 136 valence electrons. The van der Waals surface area contributed by atoms with Gasteiger partial charge < -0.3 is 19.7 Å². The fourth-order valence-corrected chi connectivity index (χ4v) is 3.42. The highest BCUT2D eigenvalue weighted by atomic mass is 35.5. The number of carbonyl (C=O) groups excluding carboxylic acids is 1. The van der Waals surface area contributed by atoms with Crippen molar-refractivity contribution in [3.63, 3.8) is 0 Å². The molecule has 0 bridgehead atoms. The summed E-state index contributed by atoms with van der Waals surface area (Å²) in [5.74, 6) is 0.875. The first-order valence-electron chi connectivity index (χ1n) is 8.30. The zero-order valence-corrected chi connectivity index (χ0v) is 15.7. The molecule has 1 N–H and O–H groups in total. The predicted molar refractivity (Wildman–Crippen MR) is 97.2 cm³/mol. The van der Waals surface area contributed by atoms with Crippen LogP contribution in [0.25, 0.3) is 0 Å². The molecule has 1 fully saturated rings. The smallest absolute Gasteiger partial charge is 0.242 e. The first-order chi connectivity index (χ1) is 12.0. The molecule has 0 atom stereocenters. The number of carbonyl (C=O) groups is 1. The normalized spacial score (nSPS) is 15.8. The van der Waals surface area contributed by atoms with Crippen LogP contribution < -0.4 is 14.8 Å². The van der Waals surface area contributed by atoms with Crippen molar-refractivity contribution in [2.24, 2.45) is 0 Å². The first-order valence-corrected chi connectivity index (χ1v) is 8.68. The fraction of sp³-hybridized carbons (Fsp3) is 0.556. The minimum absolute atomic E-state index is 0.0566. The number of amides is 1. The van der Waals surface area contributed by atoms with Gasteiger partial charge in [-0.2, -0.15) is 5.26 Å². The Kier molecular flexibility index (Phi) is 6.38. The number of hydrogen-bond donors (Lipinski definition) is 1. The van der Waals surface area contributed by atoms with Crippen molar-refractivity contribution in [3.8, 4) is 17.6 Å². The lowest BCUT2D eigenvalue weighted by Gasteiger charge is -2.39. The average molecular weight is 366 g/mol.